The molecule has 89 valence electrons. The van der Waals surface area contributed by atoms with Crippen molar-refractivity contribution in [2.24, 2.45) is 0 Å². The van der Waals surface area contributed by atoms with E-state index in [1.807, 2.05) is 0 Å². The maximum absolute atomic E-state index is 12.2. The van der Waals surface area contributed by atoms with E-state index in [4.69, 9.17) is 4.74 Å². The largest absolute Gasteiger partial charge is 0.372 e. The quantitative estimate of drug-likeness (QED) is 0.679. The fraction of sp³-hybridized carbons (Fsp3) is 1.00. The number of piperidine rings is 1. The van der Waals surface area contributed by atoms with Gasteiger partial charge in [0.25, 0.3) is 0 Å². The Morgan fingerprint density at radius 2 is 2.13 bits per heavy atom. The van der Waals surface area contributed by atoms with Gasteiger partial charge in [0.05, 0.1) is 18.8 Å². The summed E-state index contributed by atoms with van der Waals surface area (Å²) in [5.74, 6) is 0. The van der Waals surface area contributed by atoms with Gasteiger partial charge < -0.3 is 9.64 Å². The van der Waals surface area contributed by atoms with Crippen LogP contribution < -0.4 is 0 Å². The minimum Gasteiger partial charge on any atom is -0.372 e. The van der Waals surface area contributed by atoms with E-state index < -0.39 is 6.67 Å². The van der Waals surface area contributed by atoms with E-state index in [0.29, 0.717) is 0 Å². The zero-order valence-electron chi connectivity index (χ0n) is 9.45. The van der Waals surface area contributed by atoms with Crippen LogP contribution in [0.1, 0.15) is 26.2 Å². The third kappa shape index (κ3) is 4.91. The van der Waals surface area contributed by atoms with E-state index in [2.05, 4.69) is 4.90 Å². The van der Waals surface area contributed by atoms with Crippen LogP contribution in [0.2, 0.25) is 0 Å². The Labute approximate surface area is 91.2 Å². The summed E-state index contributed by atoms with van der Waals surface area (Å²) in [5, 5.41) is 10.3. The van der Waals surface area contributed by atoms with Crippen molar-refractivity contribution in [2.45, 2.75) is 38.4 Å². The van der Waals surface area contributed by atoms with Crippen molar-refractivity contribution in [1.29, 1.82) is 0 Å². The average molecular weight is 218 g/mol. The summed E-state index contributed by atoms with van der Waals surface area (Å²) in [4.78, 5) is 2.29. The molecule has 15 heavy (non-hydrogen) atoms. The third-order valence-electron chi connectivity index (χ3n) is 2.80. The Kier molecular flexibility index (Phi) is 6.13. The van der Waals surface area contributed by atoms with Crippen LogP contribution in [0.4, 0.5) is 4.39 Å². The first-order valence-electron chi connectivity index (χ1n) is 5.78. The molecule has 0 N–H and O–H groups in total. The number of rotatable bonds is 6. The first-order valence-corrected chi connectivity index (χ1v) is 5.78. The summed E-state index contributed by atoms with van der Waals surface area (Å²) >= 11 is 0. The lowest BCUT2D eigenvalue weighted by Gasteiger charge is -2.32. The number of ether oxygens (including phenoxy) is 1. The van der Waals surface area contributed by atoms with Crippen LogP contribution in [0.25, 0.3) is 0 Å². The first kappa shape index (κ1) is 12.9. The van der Waals surface area contributed by atoms with Crippen molar-refractivity contribution in [1.82, 2.24) is 4.90 Å². The standard InChI is InChI=1S/C11H21FNO2/c1-10(9-12)15-11-3-6-13(7-4-11)5-2-8-14/h10-11H,2-9H2,1H3. The van der Waals surface area contributed by atoms with Gasteiger partial charge in [-0.25, -0.2) is 9.50 Å². The van der Waals surface area contributed by atoms with E-state index in [0.717, 1.165) is 38.9 Å². The molecule has 1 fully saturated rings. The molecular formula is C11H21FNO2. The van der Waals surface area contributed by atoms with E-state index >= 15 is 0 Å². The highest BCUT2D eigenvalue weighted by Gasteiger charge is 2.20. The maximum Gasteiger partial charge on any atom is 0.115 e. The molecular weight excluding hydrogens is 197 g/mol. The molecule has 1 radical (unpaired) electrons. The molecule has 1 saturated heterocycles. The fourth-order valence-electron chi connectivity index (χ4n) is 1.92. The molecule has 0 aromatic heterocycles. The van der Waals surface area contributed by atoms with Gasteiger partial charge in [0.15, 0.2) is 0 Å². The molecule has 1 atom stereocenters. The summed E-state index contributed by atoms with van der Waals surface area (Å²) in [6.45, 7) is 4.22. The summed E-state index contributed by atoms with van der Waals surface area (Å²) in [6, 6.07) is 0. The average Bonchev–Trinajstić information content (AvgIpc) is 2.28. The van der Waals surface area contributed by atoms with Crippen molar-refractivity contribution in [3.63, 3.8) is 0 Å². The number of halogens is 1. The highest BCUT2D eigenvalue weighted by Crippen LogP contribution is 2.15. The Morgan fingerprint density at radius 3 is 2.67 bits per heavy atom. The first-order chi connectivity index (χ1) is 7.26. The molecule has 0 aliphatic carbocycles. The van der Waals surface area contributed by atoms with Crippen molar-refractivity contribution in [2.75, 3.05) is 32.9 Å². The summed E-state index contributed by atoms with van der Waals surface area (Å²) in [6.07, 6.45) is 2.58. The zero-order valence-corrected chi connectivity index (χ0v) is 9.45. The number of hydrogen-bond donors (Lipinski definition) is 0. The Hall–Kier alpha value is -0.190. The topological polar surface area (TPSA) is 32.4 Å². The summed E-state index contributed by atoms with van der Waals surface area (Å²) in [7, 11) is 0. The minimum absolute atomic E-state index is 0.00924. The van der Waals surface area contributed by atoms with Gasteiger partial charge in [0.1, 0.15) is 6.67 Å². The molecule has 0 bridgehead atoms. The van der Waals surface area contributed by atoms with Gasteiger partial charge in [0.2, 0.25) is 0 Å². The van der Waals surface area contributed by atoms with Crippen LogP contribution in [-0.2, 0) is 9.84 Å². The van der Waals surface area contributed by atoms with Crippen LogP contribution in [-0.4, -0.2) is 50.0 Å². The Balaban J connectivity index is 2.12. The highest BCUT2D eigenvalue weighted by molar-refractivity contribution is 4.73. The molecule has 1 aliphatic rings. The lowest BCUT2D eigenvalue weighted by molar-refractivity contribution is -0.0432. The SMILES string of the molecule is CC(CF)OC1CCN(CCC[O])CC1. The van der Waals surface area contributed by atoms with Gasteiger partial charge in [-0.3, -0.25) is 0 Å². The molecule has 3 nitrogen and oxygen atoms in total. The van der Waals surface area contributed by atoms with E-state index in [1.165, 1.54) is 0 Å². The molecule has 4 heteroatoms. The maximum atomic E-state index is 12.2. The van der Waals surface area contributed by atoms with Crippen molar-refractivity contribution >= 4 is 0 Å². The van der Waals surface area contributed by atoms with Gasteiger partial charge in [-0.15, -0.1) is 0 Å². The molecule has 1 aliphatic heterocycles. The predicted molar refractivity (Wildman–Crippen MR) is 56.2 cm³/mol. The summed E-state index contributed by atoms with van der Waals surface area (Å²) < 4.78 is 17.7. The van der Waals surface area contributed by atoms with Gasteiger partial charge in [-0.05, 0) is 26.2 Å². The van der Waals surface area contributed by atoms with Crippen LogP contribution in [0.15, 0.2) is 0 Å². The van der Waals surface area contributed by atoms with Crippen molar-refractivity contribution < 1.29 is 14.2 Å². The number of nitrogens with zero attached hydrogens (tertiary/aromatic N) is 1. The number of hydrogen-bond acceptors (Lipinski definition) is 2. The van der Waals surface area contributed by atoms with Crippen LogP contribution in [0, 0.1) is 0 Å². The molecule has 0 aromatic carbocycles. The number of likely N-dealkylation sites (tertiary alicyclic amines) is 1. The molecule has 1 rings (SSSR count). The second-order valence-corrected chi connectivity index (χ2v) is 4.20. The van der Waals surface area contributed by atoms with E-state index in [9.17, 15) is 9.50 Å². The van der Waals surface area contributed by atoms with Crippen LogP contribution >= 0.6 is 0 Å². The fourth-order valence-corrected chi connectivity index (χ4v) is 1.92. The van der Waals surface area contributed by atoms with E-state index in [-0.39, 0.29) is 18.8 Å². The minimum atomic E-state index is -0.406. The second kappa shape index (κ2) is 7.14. The molecule has 0 aromatic rings. The van der Waals surface area contributed by atoms with Crippen LogP contribution in [0.5, 0.6) is 0 Å². The van der Waals surface area contributed by atoms with Gasteiger partial charge >= 0.3 is 0 Å². The van der Waals surface area contributed by atoms with Crippen molar-refractivity contribution in [3.05, 3.63) is 0 Å². The van der Waals surface area contributed by atoms with Gasteiger partial charge in [0, 0.05) is 19.6 Å². The van der Waals surface area contributed by atoms with Gasteiger partial charge in [-0.2, -0.15) is 0 Å². The number of alkyl halides is 1. The third-order valence-corrected chi connectivity index (χ3v) is 2.80. The molecule has 1 unspecified atom stereocenters. The molecule has 0 amide bonds. The highest BCUT2D eigenvalue weighted by atomic mass is 19.1. The lowest BCUT2D eigenvalue weighted by Crippen LogP contribution is -2.39. The van der Waals surface area contributed by atoms with Gasteiger partial charge in [-0.1, -0.05) is 0 Å². The Morgan fingerprint density at radius 1 is 1.47 bits per heavy atom. The molecule has 0 saturated carbocycles. The molecule has 0 spiro atoms. The predicted octanol–water partition coefficient (Wildman–Crippen LogP) is 1.65. The monoisotopic (exact) mass is 218 g/mol. The van der Waals surface area contributed by atoms with Crippen LogP contribution in [0.3, 0.4) is 0 Å². The molecule has 1 heterocycles. The zero-order chi connectivity index (χ0) is 11.1. The van der Waals surface area contributed by atoms with Crippen molar-refractivity contribution in [3.8, 4) is 0 Å². The van der Waals surface area contributed by atoms with E-state index in [1.54, 1.807) is 6.92 Å². The lowest BCUT2D eigenvalue weighted by atomic mass is 10.1. The normalized spacial score (nSPS) is 21.8. The second-order valence-electron chi connectivity index (χ2n) is 4.20. The Bertz CT molecular complexity index is 161. The summed E-state index contributed by atoms with van der Waals surface area (Å²) in [5.41, 5.74) is 0. The smallest absolute Gasteiger partial charge is 0.115 e.